The lowest BCUT2D eigenvalue weighted by atomic mass is 9.99. The molecule has 1 aliphatic heterocycles. The maximum Gasteiger partial charge on any atom is 0.122 e. The van der Waals surface area contributed by atoms with Crippen molar-refractivity contribution in [3.63, 3.8) is 0 Å². The van der Waals surface area contributed by atoms with E-state index in [2.05, 4.69) is 0 Å². The molecule has 2 aromatic carbocycles. The molecule has 1 heterocycles. The molecule has 1 unspecified atom stereocenters. The number of benzene rings is 2. The molecular weight excluding hydrogens is 283 g/mol. The van der Waals surface area contributed by atoms with Gasteiger partial charge in [0, 0.05) is 22.0 Å². The number of rotatable bonds is 2. The molecule has 0 fully saturated rings. The summed E-state index contributed by atoms with van der Waals surface area (Å²) in [5.74, 6) is 0.890. The number of aliphatic hydroxyl groups is 1. The summed E-state index contributed by atoms with van der Waals surface area (Å²) in [4.78, 5) is 0. The van der Waals surface area contributed by atoms with Gasteiger partial charge in [-0.25, -0.2) is 0 Å². The maximum absolute atomic E-state index is 10.5. The molecule has 3 rings (SSSR count). The molecule has 0 spiro atoms. The van der Waals surface area contributed by atoms with Gasteiger partial charge >= 0.3 is 0 Å². The highest BCUT2D eigenvalue weighted by Gasteiger charge is 2.20. The van der Waals surface area contributed by atoms with Crippen molar-refractivity contribution in [3.05, 3.63) is 63.1 Å². The molecule has 1 atom stereocenters. The summed E-state index contributed by atoms with van der Waals surface area (Å²) in [7, 11) is 0. The lowest BCUT2D eigenvalue weighted by Crippen LogP contribution is -2.02. The number of hydrogen-bond acceptors (Lipinski definition) is 2. The van der Waals surface area contributed by atoms with Gasteiger partial charge in [0.15, 0.2) is 0 Å². The Hall–Kier alpha value is -1.22. The average Bonchev–Trinajstić information content (AvgIpc) is 2.85. The van der Waals surface area contributed by atoms with Gasteiger partial charge in [0.1, 0.15) is 11.9 Å². The van der Waals surface area contributed by atoms with Gasteiger partial charge in [-0.3, -0.25) is 0 Å². The molecule has 1 aliphatic rings. The SMILES string of the molecule is OC(c1ccc2c(c1)CCO2)c1c(Cl)cccc1Cl. The number of hydrogen-bond donors (Lipinski definition) is 1. The zero-order chi connectivity index (χ0) is 13.4. The second-order valence-corrected chi connectivity index (χ2v) is 5.32. The average molecular weight is 295 g/mol. The largest absolute Gasteiger partial charge is 0.493 e. The fourth-order valence-corrected chi connectivity index (χ4v) is 2.92. The van der Waals surface area contributed by atoms with Crippen LogP contribution in [0.3, 0.4) is 0 Å². The van der Waals surface area contributed by atoms with E-state index in [1.165, 1.54) is 0 Å². The van der Waals surface area contributed by atoms with Crippen LogP contribution >= 0.6 is 23.2 Å². The van der Waals surface area contributed by atoms with E-state index in [1.54, 1.807) is 18.2 Å². The molecule has 1 N–H and O–H groups in total. The normalized spacial score (nSPS) is 14.9. The van der Waals surface area contributed by atoms with Crippen LogP contribution in [-0.4, -0.2) is 11.7 Å². The lowest BCUT2D eigenvalue weighted by molar-refractivity contribution is 0.220. The molecule has 2 aromatic rings. The Bertz CT molecular complexity index is 605. The van der Waals surface area contributed by atoms with Gasteiger partial charge in [-0.05, 0) is 35.4 Å². The van der Waals surface area contributed by atoms with Gasteiger partial charge in [-0.2, -0.15) is 0 Å². The predicted octanol–water partition coefficient (Wildman–Crippen LogP) is 4.01. The summed E-state index contributed by atoms with van der Waals surface area (Å²) in [6.45, 7) is 0.696. The fourth-order valence-electron chi connectivity index (χ4n) is 2.32. The zero-order valence-electron chi connectivity index (χ0n) is 10.1. The monoisotopic (exact) mass is 294 g/mol. The van der Waals surface area contributed by atoms with Gasteiger partial charge in [0.25, 0.3) is 0 Å². The molecule has 0 aromatic heterocycles. The van der Waals surface area contributed by atoms with Crippen LogP contribution in [0, 0.1) is 0 Å². The Balaban J connectivity index is 2.02. The van der Waals surface area contributed by atoms with E-state index in [4.69, 9.17) is 27.9 Å². The molecule has 0 radical (unpaired) electrons. The van der Waals surface area contributed by atoms with Gasteiger partial charge in [-0.15, -0.1) is 0 Å². The molecule has 0 amide bonds. The Kier molecular flexibility index (Phi) is 3.40. The fraction of sp³-hybridized carbons (Fsp3) is 0.200. The van der Waals surface area contributed by atoms with Crippen molar-refractivity contribution in [1.82, 2.24) is 0 Å². The molecule has 0 aliphatic carbocycles. The first-order valence-electron chi connectivity index (χ1n) is 6.04. The van der Waals surface area contributed by atoms with E-state index in [0.29, 0.717) is 22.2 Å². The molecule has 2 nitrogen and oxygen atoms in total. The first-order chi connectivity index (χ1) is 9.16. The van der Waals surface area contributed by atoms with Crippen molar-refractivity contribution < 1.29 is 9.84 Å². The second-order valence-electron chi connectivity index (χ2n) is 4.50. The molecule has 0 saturated carbocycles. The van der Waals surface area contributed by atoms with Crippen molar-refractivity contribution in [2.45, 2.75) is 12.5 Å². The van der Waals surface area contributed by atoms with Crippen LogP contribution in [-0.2, 0) is 6.42 Å². The van der Waals surface area contributed by atoms with Crippen molar-refractivity contribution >= 4 is 23.2 Å². The van der Waals surface area contributed by atoms with Crippen molar-refractivity contribution in [1.29, 1.82) is 0 Å². The van der Waals surface area contributed by atoms with Gasteiger partial charge in [0.2, 0.25) is 0 Å². The summed E-state index contributed by atoms with van der Waals surface area (Å²) in [5, 5.41) is 11.4. The third-order valence-corrected chi connectivity index (χ3v) is 3.96. The highest BCUT2D eigenvalue weighted by atomic mass is 35.5. The number of aliphatic hydroxyl groups excluding tert-OH is 1. The predicted molar refractivity (Wildman–Crippen MR) is 76.2 cm³/mol. The van der Waals surface area contributed by atoms with Gasteiger partial charge in [-0.1, -0.05) is 35.3 Å². The van der Waals surface area contributed by atoms with Crippen LogP contribution in [0.1, 0.15) is 22.8 Å². The minimum absolute atomic E-state index is 0.469. The molecule has 0 saturated heterocycles. The van der Waals surface area contributed by atoms with E-state index >= 15 is 0 Å². The van der Waals surface area contributed by atoms with Gasteiger partial charge in [0.05, 0.1) is 6.61 Å². The first-order valence-corrected chi connectivity index (χ1v) is 6.80. The minimum atomic E-state index is -0.827. The molecule has 0 bridgehead atoms. The second kappa shape index (κ2) is 5.04. The number of fused-ring (bicyclic) bond motifs is 1. The highest BCUT2D eigenvalue weighted by Crippen LogP contribution is 2.36. The van der Waals surface area contributed by atoms with Crippen molar-refractivity contribution in [2.24, 2.45) is 0 Å². The van der Waals surface area contributed by atoms with Crippen LogP contribution in [0.2, 0.25) is 10.0 Å². The van der Waals surface area contributed by atoms with E-state index in [9.17, 15) is 5.11 Å². The Labute approximate surface area is 121 Å². The van der Waals surface area contributed by atoms with Gasteiger partial charge < -0.3 is 9.84 Å². The lowest BCUT2D eigenvalue weighted by Gasteiger charge is -2.15. The molecule has 19 heavy (non-hydrogen) atoms. The minimum Gasteiger partial charge on any atom is -0.493 e. The van der Waals surface area contributed by atoms with E-state index in [0.717, 1.165) is 23.3 Å². The number of ether oxygens (including phenoxy) is 1. The summed E-state index contributed by atoms with van der Waals surface area (Å²) < 4.78 is 5.45. The van der Waals surface area contributed by atoms with Crippen molar-refractivity contribution in [3.8, 4) is 5.75 Å². The maximum atomic E-state index is 10.5. The third kappa shape index (κ3) is 2.32. The topological polar surface area (TPSA) is 29.5 Å². The standard InChI is InChI=1S/C15H12Cl2O2/c16-11-2-1-3-12(17)14(11)15(18)10-4-5-13-9(8-10)6-7-19-13/h1-5,8,15,18H,6-7H2. The summed E-state index contributed by atoms with van der Waals surface area (Å²) in [5.41, 5.74) is 2.43. The smallest absolute Gasteiger partial charge is 0.122 e. The Morgan fingerprint density at radius 1 is 1.11 bits per heavy atom. The summed E-state index contributed by atoms with van der Waals surface area (Å²) >= 11 is 12.2. The Morgan fingerprint density at radius 3 is 2.58 bits per heavy atom. The van der Waals surface area contributed by atoms with Crippen molar-refractivity contribution in [2.75, 3.05) is 6.61 Å². The molecular formula is C15H12Cl2O2. The first kappa shape index (κ1) is 12.8. The third-order valence-electron chi connectivity index (χ3n) is 3.30. The molecule has 98 valence electrons. The van der Waals surface area contributed by atoms with Crippen LogP contribution in [0.15, 0.2) is 36.4 Å². The number of halogens is 2. The highest BCUT2D eigenvalue weighted by molar-refractivity contribution is 6.36. The van der Waals surface area contributed by atoms with Crippen LogP contribution in [0.25, 0.3) is 0 Å². The van der Waals surface area contributed by atoms with E-state index in [-0.39, 0.29) is 0 Å². The van der Waals surface area contributed by atoms with E-state index in [1.807, 2.05) is 18.2 Å². The Morgan fingerprint density at radius 2 is 1.84 bits per heavy atom. The summed E-state index contributed by atoms with van der Waals surface area (Å²) in [6, 6.07) is 10.9. The van der Waals surface area contributed by atoms with Crippen LogP contribution in [0.5, 0.6) is 5.75 Å². The zero-order valence-corrected chi connectivity index (χ0v) is 11.6. The quantitative estimate of drug-likeness (QED) is 0.907. The molecule has 4 heteroatoms. The van der Waals surface area contributed by atoms with Crippen LogP contribution < -0.4 is 4.74 Å². The summed E-state index contributed by atoms with van der Waals surface area (Å²) in [6.07, 6.45) is 0.0405. The van der Waals surface area contributed by atoms with Crippen LogP contribution in [0.4, 0.5) is 0 Å². The van der Waals surface area contributed by atoms with E-state index < -0.39 is 6.10 Å².